The number of anilines is 3. The van der Waals surface area contributed by atoms with Gasteiger partial charge in [0, 0.05) is 0 Å². The van der Waals surface area contributed by atoms with Gasteiger partial charge in [-0.15, -0.1) is 0 Å². The Kier molecular flexibility index (Phi) is 3.11. The van der Waals surface area contributed by atoms with Crippen LogP contribution in [0, 0.1) is 0 Å². The summed E-state index contributed by atoms with van der Waals surface area (Å²) in [6, 6.07) is 0. The van der Waals surface area contributed by atoms with Crippen molar-refractivity contribution in [2.24, 2.45) is 0 Å². The first-order chi connectivity index (χ1) is 8.45. The van der Waals surface area contributed by atoms with E-state index in [-0.39, 0.29) is 30.7 Å². The van der Waals surface area contributed by atoms with Gasteiger partial charge in [-0.25, -0.2) is 0 Å². The van der Waals surface area contributed by atoms with Crippen molar-refractivity contribution in [1.29, 1.82) is 0 Å². The van der Waals surface area contributed by atoms with Crippen LogP contribution in [0.4, 0.5) is 17.5 Å². The van der Waals surface area contributed by atoms with Crippen LogP contribution in [0.15, 0.2) is 4.79 Å². The van der Waals surface area contributed by atoms with Gasteiger partial charge in [-0.05, 0) is 6.42 Å². The Bertz CT molecular complexity index is 500. The molecule has 0 fully saturated rings. The van der Waals surface area contributed by atoms with Crippen LogP contribution in [-0.4, -0.2) is 39.6 Å². The molecule has 0 bridgehead atoms. The SMILES string of the molecule is CCCOC(O)(O)N1CNc2c1nc(N)[nH]c2=O. The van der Waals surface area contributed by atoms with Crippen LogP contribution >= 0.6 is 0 Å². The number of fused-ring (bicyclic) bond motifs is 1. The highest BCUT2D eigenvalue weighted by atomic mass is 16.8. The Morgan fingerprint density at radius 1 is 1.61 bits per heavy atom. The first-order valence-corrected chi connectivity index (χ1v) is 5.45. The van der Waals surface area contributed by atoms with Crippen LogP contribution in [0.3, 0.4) is 0 Å². The van der Waals surface area contributed by atoms with E-state index >= 15 is 0 Å². The first kappa shape index (κ1) is 12.6. The zero-order valence-corrected chi connectivity index (χ0v) is 9.80. The second kappa shape index (κ2) is 4.44. The van der Waals surface area contributed by atoms with Crippen molar-refractivity contribution in [3.8, 4) is 0 Å². The minimum absolute atomic E-state index is 0.0222. The molecule has 1 aliphatic heterocycles. The van der Waals surface area contributed by atoms with Crippen LogP contribution in [0.1, 0.15) is 13.3 Å². The molecule has 0 unspecified atom stereocenters. The van der Waals surface area contributed by atoms with E-state index in [4.69, 9.17) is 10.5 Å². The van der Waals surface area contributed by atoms with E-state index < -0.39 is 11.7 Å². The average molecular weight is 257 g/mol. The quantitative estimate of drug-likeness (QED) is 0.414. The topological polar surface area (TPSA) is 137 Å². The van der Waals surface area contributed by atoms with E-state index in [1.807, 2.05) is 6.92 Å². The number of aliphatic hydroxyl groups is 2. The van der Waals surface area contributed by atoms with E-state index in [1.165, 1.54) is 0 Å². The van der Waals surface area contributed by atoms with Gasteiger partial charge in [0.1, 0.15) is 5.69 Å². The molecule has 2 heterocycles. The number of ether oxygens (including phenoxy) is 1. The van der Waals surface area contributed by atoms with Gasteiger partial charge in [0.25, 0.3) is 5.56 Å². The summed E-state index contributed by atoms with van der Waals surface area (Å²) >= 11 is 0. The maximum absolute atomic E-state index is 11.5. The molecule has 0 atom stereocenters. The van der Waals surface area contributed by atoms with E-state index in [1.54, 1.807) is 0 Å². The van der Waals surface area contributed by atoms with Crippen molar-refractivity contribution < 1.29 is 14.9 Å². The van der Waals surface area contributed by atoms with Crippen molar-refractivity contribution >= 4 is 17.5 Å². The lowest BCUT2D eigenvalue weighted by molar-refractivity contribution is -0.335. The fourth-order valence-electron chi connectivity index (χ4n) is 1.62. The third-order valence-electron chi connectivity index (χ3n) is 2.44. The first-order valence-electron chi connectivity index (χ1n) is 5.45. The molecule has 6 N–H and O–H groups in total. The Morgan fingerprint density at radius 2 is 2.33 bits per heavy atom. The van der Waals surface area contributed by atoms with Gasteiger partial charge in [0.05, 0.1) is 13.3 Å². The highest BCUT2D eigenvalue weighted by Crippen LogP contribution is 2.30. The molecular formula is C9H15N5O4. The molecule has 0 radical (unpaired) electrons. The lowest BCUT2D eigenvalue weighted by Crippen LogP contribution is -2.51. The molecule has 0 saturated carbocycles. The lowest BCUT2D eigenvalue weighted by Gasteiger charge is -2.31. The monoisotopic (exact) mass is 257 g/mol. The molecule has 18 heavy (non-hydrogen) atoms. The molecule has 0 saturated heterocycles. The minimum atomic E-state index is -2.54. The number of nitrogen functional groups attached to an aromatic ring is 1. The fraction of sp³-hybridized carbons (Fsp3) is 0.556. The predicted octanol–water partition coefficient (Wildman–Crippen LogP) is -1.44. The zero-order chi connectivity index (χ0) is 13.3. The number of rotatable bonds is 4. The van der Waals surface area contributed by atoms with Crippen molar-refractivity contribution in [3.63, 3.8) is 0 Å². The zero-order valence-electron chi connectivity index (χ0n) is 9.80. The number of hydrogen-bond acceptors (Lipinski definition) is 8. The van der Waals surface area contributed by atoms with Crippen molar-refractivity contribution in [2.45, 2.75) is 19.4 Å². The number of H-pyrrole nitrogens is 1. The molecule has 0 aliphatic carbocycles. The lowest BCUT2D eigenvalue weighted by atomic mass is 10.4. The van der Waals surface area contributed by atoms with Crippen LogP contribution in [0.25, 0.3) is 0 Å². The summed E-state index contributed by atoms with van der Waals surface area (Å²) in [5.74, 6) is -0.0731. The number of aromatic amines is 1. The molecule has 0 spiro atoms. The maximum atomic E-state index is 11.5. The normalized spacial score (nSPS) is 14.5. The summed E-state index contributed by atoms with van der Waals surface area (Å²) in [6.07, 6.45) is -1.93. The summed E-state index contributed by atoms with van der Waals surface area (Å²) in [4.78, 5) is 18.7. The van der Waals surface area contributed by atoms with Crippen molar-refractivity contribution in [1.82, 2.24) is 9.97 Å². The van der Waals surface area contributed by atoms with Crippen molar-refractivity contribution in [2.75, 3.05) is 29.2 Å². The Morgan fingerprint density at radius 3 is 3.00 bits per heavy atom. The molecule has 9 heteroatoms. The summed E-state index contributed by atoms with van der Waals surface area (Å²) in [5.41, 5.74) is 5.05. The molecule has 100 valence electrons. The van der Waals surface area contributed by atoms with Crippen LogP contribution in [0.5, 0.6) is 0 Å². The number of nitrogens with one attached hydrogen (secondary N) is 2. The van der Waals surface area contributed by atoms with Gasteiger partial charge in [-0.2, -0.15) is 4.98 Å². The summed E-state index contributed by atoms with van der Waals surface area (Å²) in [6.45, 7) is 1.95. The molecule has 0 aromatic carbocycles. The molecule has 0 amide bonds. The predicted molar refractivity (Wildman–Crippen MR) is 63.7 cm³/mol. The molecule has 1 aliphatic rings. The van der Waals surface area contributed by atoms with E-state index in [0.717, 1.165) is 4.90 Å². The second-order valence-corrected chi connectivity index (χ2v) is 3.84. The van der Waals surface area contributed by atoms with E-state index in [2.05, 4.69) is 15.3 Å². The van der Waals surface area contributed by atoms with Crippen LogP contribution in [0.2, 0.25) is 0 Å². The highest BCUT2D eigenvalue weighted by molar-refractivity contribution is 5.71. The van der Waals surface area contributed by atoms with E-state index in [9.17, 15) is 15.0 Å². The second-order valence-electron chi connectivity index (χ2n) is 3.84. The Labute approximate surface area is 102 Å². The minimum Gasteiger partial charge on any atom is -0.369 e. The third-order valence-corrected chi connectivity index (χ3v) is 2.44. The fourth-order valence-corrected chi connectivity index (χ4v) is 1.62. The highest BCUT2D eigenvalue weighted by Gasteiger charge is 2.40. The summed E-state index contributed by atoms with van der Waals surface area (Å²) < 4.78 is 4.90. The van der Waals surface area contributed by atoms with Gasteiger partial charge in [-0.3, -0.25) is 14.7 Å². The third kappa shape index (κ3) is 2.10. The maximum Gasteiger partial charge on any atom is 0.374 e. The number of nitrogens with two attached hydrogens (primary N) is 1. The van der Waals surface area contributed by atoms with Crippen LogP contribution < -0.4 is 21.5 Å². The van der Waals surface area contributed by atoms with Crippen LogP contribution in [-0.2, 0) is 4.74 Å². The van der Waals surface area contributed by atoms with Gasteiger partial charge in [0.2, 0.25) is 5.95 Å². The molecular weight excluding hydrogens is 242 g/mol. The summed E-state index contributed by atoms with van der Waals surface area (Å²) in [5, 5.41) is 22.3. The Hall–Kier alpha value is -1.84. The van der Waals surface area contributed by atoms with Gasteiger partial charge >= 0.3 is 6.10 Å². The number of aromatic nitrogens is 2. The van der Waals surface area contributed by atoms with Crippen molar-refractivity contribution in [3.05, 3.63) is 10.4 Å². The summed E-state index contributed by atoms with van der Waals surface area (Å²) in [7, 11) is 0. The molecule has 9 nitrogen and oxygen atoms in total. The number of hydrogen-bond donors (Lipinski definition) is 5. The standard InChI is InChI=1S/C9H15N5O4/c1-2-3-18-9(16,17)14-4-11-5-6(14)12-8(10)13-7(5)15/h11,16-17H,2-4H2,1H3,(H3,10,12,13,15). The smallest absolute Gasteiger partial charge is 0.369 e. The number of nitrogens with zero attached hydrogens (tertiary/aromatic N) is 2. The molecule has 2 rings (SSSR count). The van der Waals surface area contributed by atoms with E-state index in [0.29, 0.717) is 6.42 Å². The van der Waals surface area contributed by atoms with Gasteiger partial charge in [0.15, 0.2) is 5.82 Å². The van der Waals surface area contributed by atoms with Gasteiger partial charge < -0.3 is 26.0 Å². The average Bonchev–Trinajstić information content (AvgIpc) is 2.71. The van der Waals surface area contributed by atoms with Gasteiger partial charge in [-0.1, -0.05) is 6.92 Å². The Balaban J connectivity index is 2.34. The molecule has 1 aromatic rings. The largest absolute Gasteiger partial charge is 0.374 e. The molecule has 1 aromatic heterocycles.